The summed E-state index contributed by atoms with van der Waals surface area (Å²) in [6, 6.07) is 0. The first-order chi connectivity index (χ1) is 12.2. The van der Waals surface area contributed by atoms with Gasteiger partial charge in [-0.1, -0.05) is 45.4 Å². The average molecular weight is 360 g/mol. The number of cyclic esters (lactones) is 1. The summed E-state index contributed by atoms with van der Waals surface area (Å²) in [6.45, 7) is 8.10. The molecule has 1 heterocycles. The van der Waals surface area contributed by atoms with Crippen LogP contribution in [-0.2, 0) is 19.1 Å². The summed E-state index contributed by atoms with van der Waals surface area (Å²) in [5, 5.41) is 11.4. The molecule has 0 radical (unpaired) electrons. The molecule has 0 amide bonds. The monoisotopic (exact) mass is 360 g/mol. The zero-order valence-electron chi connectivity index (χ0n) is 16.0. The van der Waals surface area contributed by atoms with E-state index in [1.165, 1.54) is 6.08 Å². The van der Waals surface area contributed by atoms with Crippen molar-refractivity contribution in [3.8, 4) is 0 Å². The standard InChI is InChI=1S/C21H28O5/c1-5-6-7-9-16(22)26-15-12-14-13-25-18(23)21(14,24)20(4)11-8-10-19(2,3)17(15)20/h5-7,9,12,15,17,24H,8,10-11,13H2,1-4H3. The van der Waals surface area contributed by atoms with Crippen molar-refractivity contribution in [1.29, 1.82) is 0 Å². The SMILES string of the molecule is CC=CC=CC(=O)OC1C=C2COC(=O)C2(O)C2(C)CCCC(C)(C)C12. The maximum absolute atomic E-state index is 12.5. The molecule has 0 aromatic heterocycles. The van der Waals surface area contributed by atoms with Crippen LogP contribution in [0.3, 0.4) is 0 Å². The van der Waals surface area contributed by atoms with Gasteiger partial charge in [-0.3, -0.25) is 0 Å². The van der Waals surface area contributed by atoms with Crippen LogP contribution in [0.1, 0.15) is 47.0 Å². The second-order valence-corrected chi connectivity index (χ2v) is 8.50. The second-order valence-electron chi connectivity index (χ2n) is 8.50. The van der Waals surface area contributed by atoms with Crippen LogP contribution >= 0.6 is 0 Å². The van der Waals surface area contributed by atoms with E-state index in [1.807, 2.05) is 19.9 Å². The second kappa shape index (κ2) is 6.38. The van der Waals surface area contributed by atoms with Crippen molar-refractivity contribution in [1.82, 2.24) is 0 Å². The van der Waals surface area contributed by atoms with E-state index in [2.05, 4.69) is 13.8 Å². The van der Waals surface area contributed by atoms with Gasteiger partial charge < -0.3 is 14.6 Å². The molecule has 4 atom stereocenters. The Labute approximate surface area is 154 Å². The van der Waals surface area contributed by atoms with Crippen LogP contribution in [0.15, 0.2) is 36.0 Å². The first kappa shape index (κ1) is 18.9. The fraction of sp³-hybridized carbons (Fsp3) is 0.619. The zero-order valence-corrected chi connectivity index (χ0v) is 16.0. The number of carbonyl (C=O) groups is 2. The molecule has 4 unspecified atom stereocenters. The summed E-state index contributed by atoms with van der Waals surface area (Å²) in [4.78, 5) is 24.7. The van der Waals surface area contributed by atoms with Gasteiger partial charge in [0.15, 0.2) is 5.60 Å². The molecule has 3 aliphatic rings. The van der Waals surface area contributed by atoms with Gasteiger partial charge in [0, 0.05) is 23.0 Å². The maximum Gasteiger partial charge on any atom is 0.343 e. The van der Waals surface area contributed by atoms with Crippen LogP contribution in [0.2, 0.25) is 0 Å². The summed E-state index contributed by atoms with van der Waals surface area (Å²) in [5.41, 5.74) is -2.02. The largest absolute Gasteiger partial charge is 0.459 e. The maximum atomic E-state index is 12.5. The predicted octanol–water partition coefficient (Wildman–Crippen LogP) is 3.09. The van der Waals surface area contributed by atoms with Crippen LogP contribution < -0.4 is 0 Å². The Morgan fingerprint density at radius 3 is 2.73 bits per heavy atom. The third kappa shape index (κ3) is 2.64. The van der Waals surface area contributed by atoms with Crippen LogP contribution in [0.25, 0.3) is 0 Å². The van der Waals surface area contributed by atoms with Crippen LogP contribution in [0, 0.1) is 16.7 Å². The Kier molecular flexibility index (Phi) is 4.63. The number of allylic oxidation sites excluding steroid dienone is 3. The molecule has 0 spiro atoms. The van der Waals surface area contributed by atoms with Gasteiger partial charge in [0.05, 0.1) is 0 Å². The molecule has 1 N–H and O–H groups in total. The van der Waals surface area contributed by atoms with Gasteiger partial charge in [0.1, 0.15) is 12.7 Å². The highest BCUT2D eigenvalue weighted by atomic mass is 16.6. The number of fused-ring (bicyclic) bond motifs is 3. The molecular weight excluding hydrogens is 332 g/mol. The minimum absolute atomic E-state index is 0.0561. The number of ether oxygens (including phenoxy) is 2. The van der Waals surface area contributed by atoms with E-state index in [4.69, 9.17) is 9.47 Å². The molecule has 5 nitrogen and oxygen atoms in total. The van der Waals surface area contributed by atoms with Gasteiger partial charge in [-0.15, -0.1) is 0 Å². The summed E-state index contributed by atoms with van der Waals surface area (Å²) in [6.07, 6.45) is 10.4. The van der Waals surface area contributed by atoms with Crippen molar-refractivity contribution in [2.45, 2.75) is 58.7 Å². The molecule has 1 saturated heterocycles. The normalized spacial score (nSPS) is 38.7. The van der Waals surface area contributed by atoms with Gasteiger partial charge in [0.25, 0.3) is 0 Å². The van der Waals surface area contributed by atoms with Gasteiger partial charge in [-0.05, 0) is 31.3 Å². The van der Waals surface area contributed by atoms with Gasteiger partial charge in [-0.2, -0.15) is 0 Å². The molecule has 5 heteroatoms. The van der Waals surface area contributed by atoms with E-state index in [0.717, 1.165) is 12.8 Å². The fourth-order valence-corrected chi connectivity index (χ4v) is 5.36. The quantitative estimate of drug-likeness (QED) is 0.362. The molecule has 142 valence electrons. The molecule has 2 fully saturated rings. The van der Waals surface area contributed by atoms with Crippen molar-refractivity contribution < 1.29 is 24.2 Å². The Morgan fingerprint density at radius 2 is 2.04 bits per heavy atom. The van der Waals surface area contributed by atoms with Gasteiger partial charge in [-0.25, -0.2) is 9.59 Å². The molecular formula is C21H28O5. The zero-order chi connectivity index (χ0) is 19.2. The molecule has 1 saturated carbocycles. The van der Waals surface area contributed by atoms with E-state index in [0.29, 0.717) is 12.0 Å². The van der Waals surface area contributed by atoms with Gasteiger partial charge in [0.2, 0.25) is 0 Å². The van der Waals surface area contributed by atoms with Crippen molar-refractivity contribution >= 4 is 11.9 Å². The lowest BCUT2D eigenvalue weighted by molar-refractivity contribution is -0.194. The lowest BCUT2D eigenvalue weighted by atomic mass is 9.46. The number of aliphatic hydroxyl groups is 1. The van der Waals surface area contributed by atoms with Crippen LogP contribution in [0.5, 0.6) is 0 Å². The Morgan fingerprint density at radius 1 is 1.31 bits per heavy atom. The van der Waals surface area contributed by atoms with E-state index < -0.39 is 29.1 Å². The van der Waals surface area contributed by atoms with Crippen LogP contribution in [-0.4, -0.2) is 35.4 Å². The third-order valence-corrected chi connectivity index (χ3v) is 6.47. The summed E-state index contributed by atoms with van der Waals surface area (Å²) in [5.74, 6) is -1.18. The highest BCUT2D eigenvalue weighted by Crippen LogP contribution is 2.63. The number of hydrogen-bond donors (Lipinski definition) is 1. The lowest BCUT2D eigenvalue weighted by Crippen LogP contribution is -2.65. The van der Waals surface area contributed by atoms with Gasteiger partial charge >= 0.3 is 11.9 Å². The van der Waals surface area contributed by atoms with Crippen molar-refractivity contribution in [2.75, 3.05) is 6.61 Å². The summed E-state index contributed by atoms with van der Waals surface area (Å²) >= 11 is 0. The molecule has 0 aromatic rings. The highest BCUT2D eigenvalue weighted by Gasteiger charge is 2.69. The van der Waals surface area contributed by atoms with Crippen molar-refractivity contribution in [3.63, 3.8) is 0 Å². The van der Waals surface area contributed by atoms with E-state index in [9.17, 15) is 14.7 Å². The van der Waals surface area contributed by atoms with Crippen LogP contribution in [0.4, 0.5) is 0 Å². The van der Waals surface area contributed by atoms with E-state index in [-0.39, 0.29) is 17.9 Å². The van der Waals surface area contributed by atoms with E-state index >= 15 is 0 Å². The molecule has 1 aliphatic heterocycles. The Hall–Kier alpha value is -1.88. The molecule has 2 aliphatic carbocycles. The minimum atomic E-state index is -1.63. The number of esters is 2. The Bertz CT molecular complexity index is 701. The lowest BCUT2D eigenvalue weighted by Gasteiger charge is -2.59. The number of carbonyl (C=O) groups excluding carboxylic acids is 2. The first-order valence-electron chi connectivity index (χ1n) is 9.27. The summed E-state index contributed by atoms with van der Waals surface area (Å²) < 4.78 is 11.0. The molecule has 26 heavy (non-hydrogen) atoms. The average Bonchev–Trinajstić information content (AvgIpc) is 2.84. The van der Waals surface area contributed by atoms with Crippen molar-refractivity contribution in [3.05, 3.63) is 36.0 Å². The summed E-state index contributed by atoms with van der Waals surface area (Å²) in [7, 11) is 0. The Balaban J connectivity index is 2.03. The fourth-order valence-electron chi connectivity index (χ4n) is 5.36. The minimum Gasteiger partial charge on any atom is -0.459 e. The topological polar surface area (TPSA) is 72.8 Å². The predicted molar refractivity (Wildman–Crippen MR) is 97.1 cm³/mol. The smallest absolute Gasteiger partial charge is 0.343 e. The van der Waals surface area contributed by atoms with E-state index in [1.54, 1.807) is 18.2 Å². The first-order valence-corrected chi connectivity index (χ1v) is 9.27. The third-order valence-electron chi connectivity index (χ3n) is 6.47. The number of rotatable bonds is 3. The molecule has 3 rings (SSSR count). The molecule has 0 aromatic carbocycles. The molecule has 0 bridgehead atoms. The van der Waals surface area contributed by atoms with Crippen molar-refractivity contribution in [2.24, 2.45) is 16.7 Å². The number of hydrogen-bond acceptors (Lipinski definition) is 5. The highest BCUT2D eigenvalue weighted by molar-refractivity contribution is 5.88.